The number of nitrogens with two attached hydrogens (primary N) is 1. The Labute approximate surface area is 126 Å². The predicted molar refractivity (Wildman–Crippen MR) is 83.9 cm³/mol. The molecule has 0 spiro atoms. The standard InChI is InChI=1S/C16H25N3O2/c1-13-12-19(5-4-18-6-8-20-9-7-18)15-3-2-14(11-17)10-16(15)21-13/h2-3,10,13H,4-9,11-12,17H2,1H3. The number of nitrogens with zero attached hydrogens (tertiary/aromatic N) is 2. The highest BCUT2D eigenvalue weighted by Gasteiger charge is 2.23. The van der Waals surface area contributed by atoms with Crippen molar-refractivity contribution >= 4 is 5.69 Å². The highest BCUT2D eigenvalue weighted by Crippen LogP contribution is 2.34. The number of hydrogen-bond donors (Lipinski definition) is 1. The first-order chi connectivity index (χ1) is 10.3. The van der Waals surface area contributed by atoms with Crippen molar-refractivity contribution < 1.29 is 9.47 Å². The van der Waals surface area contributed by atoms with Crippen molar-refractivity contribution in [1.29, 1.82) is 0 Å². The number of fused-ring (bicyclic) bond motifs is 1. The summed E-state index contributed by atoms with van der Waals surface area (Å²) in [6.45, 7) is 9.53. The van der Waals surface area contributed by atoms with Gasteiger partial charge < -0.3 is 20.1 Å². The smallest absolute Gasteiger partial charge is 0.143 e. The fourth-order valence-electron chi connectivity index (χ4n) is 3.00. The molecular formula is C16H25N3O2. The monoisotopic (exact) mass is 291 g/mol. The zero-order valence-corrected chi connectivity index (χ0v) is 12.8. The predicted octanol–water partition coefficient (Wildman–Crippen LogP) is 1.06. The third kappa shape index (κ3) is 3.48. The largest absolute Gasteiger partial charge is 0.487 e. The van der Waals surface area contributed by atoms with Gasteiger partial charge in [0.05, 0.1) is 25.4 Å². The Morgan fingerprint density at radius 1 is 1.24 bits per heavy atom. The topological polar surface area (TPSA) is 51.0 Å². The van der Waals surface area contributed by atoms with Gasteiger partial charge >= 0.3 is 0 Å². The number of rotatable bonds is 4. The third-order valence-electron chi connectivity index (χ3n) is 4.20. The maximum absolute atomic E-state index is 5.97. The molecule has 2 aliphatic rings. The molecule has 5 heteroatoms. The fraction of sp³-hybridized carbons (Fsp3) is 0.625. The molecule has 3 rings (SSSR count). The van der Waals surface area contributed by atoms with E-state index in [1.165, 1.54) is 5.69 Å². The molecule has 2 aliphatic heterocycles. The highest BCUT2D eigenvalue weighted by molar-refractivity contribution is 5.61. The zero-order chi connectivity index (χ0) is 14.7. The summed E-state index contributed by atoms with van der Waals surface area (Å²) in [7, 11) is 0. The molecule has 1 atom stereocenters. The molecule has 1 fully saturated rings. The second-order valence-corrected chi connectivity index (χ2v) is 5.83. The van der Waals surface area contributed by atoms with Crippen LogP contribution in [0.4, 0.5) is 5.69 Å². The molecule has 2 N–H and O–H groups in total. The van der Waals surface area contributed by atoms with Gasteiger partial charge in [0.15, 0.2) is 0 Å². The molecule has 1 aromatic carbocycles. The van der Waals surface area contributed by atoms with Crippen LogP contribution in [0.2, 0.25) is 0 Å². The maximum atomic E-state index is 5.97. The van der Waals surface area contributed by atoms with E-state index in [0.29, 0.717) is 6.54 Å². The summed E-state index contributed by atoms with van der Waals surface area (Å²) in [5.41, 5.74) is 8.04. The van der Waals surface area contributed by atoms with Crippen molar-refractivity contribution in [2.75, 3.05) is 50.8 Å². The van der Waals surface area contributed by atoms with Crippen LogP contribution in [0.15, 0.2) is 18.2 Å². The number of benzene rings is 1. The van der Waals surface area contributed by atoms with Gasteiger partial charge in [-0.3, -0.25) is 4.90 Å². The van der Waals surface area contributed by atoms with Gasteiger partial charge in [0.2, 0.25) is 0 Å². The first kappa shape index (κ1) is 14.6. The van der Waals surface area contributed by atoms with E-state index >= 15 is 0 Å². The molecule has 1 saturated heterocycles. The van der Waals surface area contributed by atoms with E-state index in [2.05, 4.69) is 34.9 Å². The number of morpholine rings is 1. The van der Waals surface area contributed by atoms with Gasteiger partial charge in [-0.2, -0.15) is 0 Å². The Kier molecular flexibility index (Phi) is 4.63. The van der Waals surface area contributed by atoms with E-state index < -0.39 is 0 Å². The Bertz CT molecular complexity index is 475. The van der Waals surface area contributed by atoms with E-state index in [4.69, 9.17) is 15.2 Å². The van der Waals surface area contributed by atoms with Crippen LogP contribution in [0.1, 0.15) is 12.5 Å². The Balaban J connectivity index is 1.68. The van der Waals surface area contributed by atoms with Gasteiger partial charge in [0, 0.05) is 32.7 Å². The van der Waals surface area contributed by atoms with Gasteiger partial charge in [-0.15, -0.1) is 0 Å². The summed E-state index contributed by atoms with van der Waals surface area (Å²) in [6.07, 6.45) is 0.218. The maximum Gasteiger partial charge on any atom is 0.143 e. The summed E-state index contributed by atoms with van der Waals surface area (Å²) < 4.78 is 11.4. The van der Waals surface area contributed by atoms with Crippen LogP contribution in [-0.4, -0.2) is 56.9 Å². The molecule has 1 aromatic rings. The lowest BCUT2D eigenvalue weighted by molar-refractivity contribution is 0.0388. The van der Waals surface area contributed by atoms with Crippen molar-refractivity contribution in [2.45, 2.75) is 19.6 Å². The lowest BCUT2D eigenvalue weighted by Gasteiger charge is -2.37. The molecule has 0 radical (unpaired) electrons. The number of hydrogen-bond acceptors (Lipinski definition) is 5. The van der Waals surface area contributed by atoms with E-state index in [-0.39, 0.29) is 6.10 Å². The molecule has 0 bridgehead atoms. The summed E-state index contributed by atoms with van der Waals surface area (Å²) in [5, 5.41) is 0. The van der Waals surface area contributed by atoms with Crippen LogP contribution in [0, 0.1) is 0 Å². The minimum Gasteiger partial charge on any atom is -0.487 e. The minimum absolute atomic E-state index is 0.218. The van der Waals surface area contributed by atoms with Crippen LogP contribution in [0.5, 0.6) is 5.75 Å². The van der Waals surface area contributed by atoms with Crippen LogP contribution in [-0.2, 0) is 11.3 Å². The highest BCUT2D eigenvalue weighted by atomic mass is 16.5. The Morgan fingerprint density at radius 2 is 2.05 bits per heavy atom. The molecule has 0 amide bonds. The number of anilines is 1. The van der Waals surface area contributed by atoms with Gasteiger partial charge in [0.1, 0.15) is 11.9 Å². The summed E-state index contributed by atoms with van der Waals surface area (Å²) >= 11 is 0. The first-order valence-electron chi connectivity index (χ1n) is 7.81. The zero-order valence-electron chi connectivity index (χ0n) is 12.8. The van der Waals surface area contributed by atoms with E-state index in [9.17, 15) is 0 Å². The Morgan fingerprint density at radius 3 is 2.81 bits per heavy atom. The van der Waals surface area contributed by atoms with Gasteiger partial charge in [-0.1, -0.05) is 6.07 Å². The fourth-order valence-corrected chi connectivity index (χ4v) is 3.00. The average Bonchev–Trinajstić information content (AvgIpc) is 2.52. The average molecular weight is 291 g/mol. The van der Waals surface area contributed by atoms with Crippen LogP contribution < -0.4 is 15.4 Å². The van der Waals surface area contributed by atoms with E-state index in [0.717, 1.165) is 57.3 Å². The van der Waals surface area contributed by atoms with Crippen LogP contribution in [0.25, 0.3) is 0 Å². The normalized spacial score (nSPS) is 22.8. The van der Waals surface area contributed by atoms with Crippen molar-refractivity contribution in [3.8, 4) is 5.75 Å². The van der Waals surface area contributed by atoms with Gasteiger partial charge in [-0.05, 0) is 24.6 Å². The summed E-state index contributed by atoms with van der Waals surface area (Å²) in [4.78, 5) is 4.90. The molecule has 1 unspecified atom stereocenters. The van der Waals surface area contributed by atoms with Crippen molar-refractivity contribution in [3.63, 3.8) is 0 Å². The van der Waals surface area contributed by atoms with Gasteiger partial charge in [-0.25, -0.2) is 0 Å². The lowest BCUT2D eigenvalue weighted by Crippen LogP contribution is -2.45. The van der Waals surface area contributed by atoms with Crippen LogP contribution in [0.3, 0.4) is 0 Å². The van der Waals surface area contributed by atoms with E-state index in [1.807, 2.05) is 0 Å². The lowest BCUT2D eigenvalue weighted by atomic mass is 10.1. The molecule has 21 heavy (non-hydrogen) atoms. The van der Waals surface area contributed by atoms with Crippen molar-refractivity contribution in [1.82, 2.24) is 4.90 Å². The molecule has 116 valence electrons. The molecule has 2 heterocycles. The second-order valence-electron chi connectivity index (χ2n) is 5.83. The molecule has 0 aromatic heterocycles. The number of ether oxygens (including phenoxy) is 2. The molecule has 0 aliphatic carbocycles. The summed E-state index contributed by atoms with van der Waals surface area (Å²) in [6, 6.07) is 6.31. The first-order valence-corrected chi connectivity index (χ1v) is 7.81. The molecular weight excluding hydrogens is 266 g/mol. The minimum atomic E-state index is 0.218. The molecule has 0 saturated carbocycles. The van der Waals surface area contributed by atoms with Crippen molar-refractivity contribution in [3.05, 3.63) is 23.8 Å². The second kappa shape index (κ2) is 6.64. The van der Waals surface area contributed by atoms with E-state index in [1.54, 1.807) is 0 Å². The quantitative estimate of drug-likeness (QED) is 0.899. The van der Waals surface area contributed by atoms with Gasteiger partial charge in [0.25, 0.3) is 0 Å². The molecule has 5 nitrogen and oxygen atoms in total. The Hall–Kier alpha value is -1.30. The van der Waals surface area contributed by atoms with Crippen molar-refractivity contribution in [2.24, 2.45) is 5.73 Å². The summed E-state index contributed by atoms with van der Waals surface area (Å²) in [5.74, 6) is 0.971. The SMILES string of the molecule is CC1CN(CCN2CCOCC2)c2ccc(CN)cc2O1. The third-order valence-corrected chi connectivity index (χ3v) is 4.20. The van der Waals surface area contributed by atoms with Crippen LogP contribution >= 0.6 is 0 Å².